The van der Waals surface area contributed by atoms with Crippen LogP contribution < -0.4 is 0 Å². The van der Waals surface area contributed by atoms with Gasteiger partial charge in [-0.3, -0.25) is 0 Å². The molecule has 21 heavy (non-hydrogen) atoms. The first kappa shape index (κ1) is 15.6. The molecule has 1 aliphatic carbocycles. The van der Waals surface area contributed by atoms with Crippen LogP contribution in [0.4, 0.5) is 4.39 Å². The van der Waals surface area contributed by atoms with Gasteiger partial charge in [0.05, 0.1) is 5.56 Å². The minimum Gasteiger partial charge on any atom is -0.206 e. The minimum atomic E-state index is -0.221. The van der Waals surface area contributed by atoms with Gasteiger partial charge < -0.3 is 0 Å². The van der Waals surface area contributed by atoms with Crippen molar-refractivity contribution in [3.05, 3.63) is 60.0 Å². The maximum Gasteiger partial charge on any atom is 0.139 e. The number of aryl methyl sites for hydroxylation is 1. The molecule has 0 atom stereocenters. The van der Waals surface area contributed by atoms with Crippen molar-refractivity contribution in [2.45, 2.75) is 39.0 Å². The maximum absolute atomic E-state index is 13.8. The van der Waals surface area contributed by atoms with E-state index in [2.05, 4.69) is 30.6 Å². The van der Waals surface area contributed by atoms with E-state index < -0.39 is 0 Å². The van der Waals surface area contributed by atoms with Gasteiger partial charge in [-0.1, -0.05) is 37.0 Å². The molecule has 0 bridgehead atoms. The highest BCUT2D eigenvalue weighted by atomic mass is 19.1. The quantitative estimate of drug-likeness (QED) is 0.522. The number of halogens is 1. The molecule has 0 spiro atoms. The monoisotopic (exact) mass is 282 g/mol. The lowest BCUT2D eigenvalue weighted by atomic mass is 9.82. The Hall–Kier alpha value is -1.81. The first-order chi connectivity index (χ1) is 10.2. The van der Waals surface area contributed by atoms with Crippen LogP contribution in [0.3, 0.4) is 0 Å². The van der Waals surface area contributed by atoms with E-state index in [1.165, 1.54) is 25.7 Å². The summed E-state index contributed by atoms with van der Waals surface area (Å²) in [5.74, 6) is 6.94. The molecule has 0 unspecified atom stereocenters. The van der Waals surface area contributed by atoms with Crippen LogP contribution in [0.15, 0.2) is 43.0 Å². The predicted octanol–water partition coefficient (Wildman–Crippen LogP) is 5.29. The molecule has 0 saturated heterocycles. The van der Waals surface area contributed by atoms with Gasteiger partial charge in [-0.15, -0.1) is 6.58 Å². The van der Waals surface area contributed by atoms with Crippen molar-refractivity contribution in [2.75, 3.05) is 0 Å². The minimum absolute atomic E-state index is 0.221. The average molecular weight is 282 g/mol. The van der Waals surface area contributed by atoms with E-state index in [1.807, 2.05) is 19.1 Å². The van der Waals surface area contributed by atoms with Gasteiger partial charge in [0, 0.05) is 0 Å². The summed E-state index contributed by atoms with van der Waals surface area (Å²) in [6.07, 6.45) is 11.8. The Kier molecular flexibility index (Phi) is 5.81. The third kappa shape index (κ3) is 4.60. The van der Waals surface area contributed by atoms with Gasteiger partial charge in [-0.05, 0) is 67.7 Å². The Morgan fingerprint density at radius 3 is 2.57 bits per heavy atom. The van der Waals surface area contributed by atoms with Crippen LogP contribution in [0, 0.1) is 29.5 Å². The fraction of sp³-hybridized carbons (Fsp3) is 0.400. The van der Waals surface area contributed by atoms with Gasteiger partial charge in [0.2, 0.25) is 0 Å². The number of allylic oxidation sites excluding steroid dienone is 3. The van der Waals surface area contributed by atoms with Crippen molar-refractivity contribution in [3.8, 4) is 11.8 Å². The molecule has 0 aromatic heterocycles. The Balaban J connectivity index is 1.91. The van der Waals surface area contributed by atoms with E-state index in [0.717, 1.165) is 12.0 Å². The van der Waals surface area contributed by atoms with Gasteiger partial charge in [0.25, 0.3) is 0 Å². The fourth-order valence-electron chi connectivity index (χ4n) is 2.76. The first-order valence-corrected chi connectivity index (χ1v) is 7.82. The lowest BCUT2D eigenvalue weighted by Gasteiger charge is -2.23. The number of rotatable bonds is 3. The molecule has 0 N–H and O–H groups in total. The molecule has 2 rings (SSSR count). The average Bonchev–Trinajstić information content (AvgIpc) is 2.53. The molecule has 1 aromatic rings. The zero-order valence-corrected chi connectivity index (χ0v) is 12.7. The molecule has 0 nitrogen and oxygen atoms in total. The highest BCUT2D eigenvalue weighted by Gasteiger charge is 2.16. The van der Waals surface area contributed by atoms with Gasteiger partial charge in [0.1, 0.15) is 5.82 Å². The maximum atomic E-state index is 13.8. The molecule has 1 heteroatoms. The summed E-state index contributed by atoms with van der Waals surface area (Å²) < 4.78 is 13.8. The van der Waals surface area contributed by atoms with E-state index in [0.29, 0.717) is 17.4 Å². The van der Waals surface area contributed by atoms with E-state index in [9.17, 15) is 4.39 Å². The summed E-state index contributed by atoms with van der Waals surface area (Å²) >= 11 is 0. The summed E-state index contributed by atoms with van der Waals surface area (Å²) in [5.41, 5.74) is 1.49. The molecule has 1 aromatic carbocycles. The molecule has 1 fully saturated rings. The zero-order valence-electron chi connectivity index (χ0n) is 12.7. The molecular formula is C20H23F. The fourth-order valence-corrected chi connectivity index (χ4v) is 2.76. The van der Waals surface area contributed by atoms with Crippen molar-refractivity contribution < 1.29 is 4.39 Å². The Bertz CT molecular complexity index is 563. The molecule has 0 aliphatic heterocycles. The standard InChI is InChI=1S/C20H23F/c1-3-16-9-11-18(12-10-16)7-5-6-8-19-14-13-17(4-2)15-20(19)21/h3,5,7,13-16,18H,1,4,9-12H2,2H3/t16-,18-. The second-order valence-corrected chi connectivity index (χ2v) is 5.71. The molecule has 1 saturated carbocycles. The number of benzene rings is 1. The highest BCUT2D eigenvalue weighted by molar-refractivity contribution is 5.39. The second kappa shape index (κ2) is 7.84. The SMILES string of the molecule is C=C[C@H]1CC[C@H](C=CC#Cc2ccc(CC)cc2F)CC1. The van der Waals surface area contributed by atoms with Crippen molar-refractivity contribution in [1.82, 2.24) is 0 Å². The van der Waals surface area contributed by atoms with Crippen molar-refractivity contribution in [2.24, 2.45) is 11.8 Å². The van der Waals surface area contributed by atoms with Crippen LogP contribution in [0.25, 0.3) is 0 Å². The second-order valence-electron chi connectivity index (χ2n) is 5.71. The summed E-state index contributed by atoms with van der Waals surface area (Å²) in [6, 6.07) is 5.28. The van der Waals surface area contributed by atoms with Crippen LogP contribution in [0.2, 0.25) is 0 Å². The Labute approximate surface area is 127 Å². The largest absolute Gasteiger partial charge is 0.206 e. The van der Waals surface area contributed by atoms with Gasteiger partial charge >= 0.3 is 0 Å². The normalized spacial score (nSPS) is 21.8. The summed E-state index contributed by atoms with van der Waals surface area (Å²) in [7, 11) is 0. The topological polar surface area (TPSA) is 0 Å². The third-order valence-electron chi connectivity index (χ3n) is 4.25. The van der Waals surface area contributed by atoms with E-state index in [1.54, 1.807) is 12.1 Å². The summed E-state index contributed by atoms with van der Waals surface area (Å²) in [5, 5.41) is 0. The van der Waals surface area contributed by atoms with Crippen LogP contribution in [0.1, 0.15) is 43.7 Å². The zero-order chi connectivity index (χ0) is 15.1. The van der Waals surface area contributed by atoms with E-state index in [4.69, 9.17) is 0 Å². The lowest BCUT2D eigenvalue weighted by molar-refractivity contribution is 0.357. The van der Waals surface area contributed by atoms with E-state index in [-0.39, 0.29) is 5.82 Å². The van der Waals surface area contributed by atoms with E-state index >= 15 is 0 Å². The van der Waals surface area contributed by atoms with Gasteiger partial charge in [-0.2, -0.15) is 0 Å². The lowest BCUT2D eigenvalue weighted by Crippen LogP contribution is -2.10. The summed E-state index contributed by atoms with van der Waals surface area (Å²) in [4.78, 5) is 0. The van der Waals surface area contributed by atoms with Crippen molar-refractivity contribution >= 4 is 0 Å². The van der Waals surface area contributed by atoms with Crippen molar-refractivity contribution in [3.63, 3.8) is 0 Å². The summed E-state index contributed by atoms with van der Waals surface area (Å²) in [6.45, 7) is 5.88. The van der Waals surface area contributed by atoms with Crippen molar-refractivity contribution in [1.29, 1.82) is 0 Å². The molecule has 110 valence electrons. The predicted molar refractivity (Wildman–Crippen MR) is 87.4 cm³/mol. The highest BCUT2D eigenvalue weighted by Crippen LogP contribution is 2.29. The Morgan fingerprint density at radius 1 is 1.24 bits per heavy atom. The first-order valence-electron chi connectivity index (χ1n) is 7.82. The molecule has 0 amide bonds. The molecule has 1 aliphatic rings. The van der Waals surface area contributed by atoms with Gasteiger partial charge in [0.15, 0.2) is 0 Å². The number of hydrogen-bond donors (Lipinski definition) is 0. The van der Waals surface area contributed by atoms with Crippen LogP contribution in [-0.2, 0) is 6.42 Å². The van der Waals surface area contributed by atoms with Crippen LogP contribution in [-0.4, -0.2) is 0 Å². The third-order valence-corrected chi connectivity index (χ3v) is 4.25. The van der Waals surface area contributed by atoms with Gasteiger partial charge in [-0.25, -0.2) is 4.39 Å². The Morgan fingerprint density at radius 2 is 1.95 bits per heavy atom. The number of hydrogen-bond acceptors (Lipinski definition) is 0. The smallest absolute Gasteiger partial charge is 0.139 e. The molecule has 0 heterocycles. The molecule has 0 radical (unpaired) electrons. The van der Waals surface area contributed by atoms with Crippen LogP contribution >= 0.6 is 0 Å². The molecular weight excluding hydrogens is 259 g/mol. The van der Waals surface area contributed by atoms with Crippen LogP contribution in [0.5, 0.6) is 0 Å².